The number of carboxylic acids is 1. The molecule has 0 bridgehead atoms. The maximum atomic E-state index is 12.4. The number of carbonyl (C=O) groups is 2. The van der Waals surface area contributed by atoms with Gasteiger partial charge in [-0.25, -0.2) is 0 Å². The Morgan fingerprint density at radius 2 is 2.00 bits per heavy atom. The molecule has 2 unspecified atom stereocenters. The van der Waals surface area contributed by atoms with Gasteiger partial charge in [-0.05, 0) is 12.8 Å². The standard InChI is InChI=1S/C8H10F3NO3/c1-12-5(8(9,10)11)3-2-4(6(12)13)7(14)15/h4-5H,2-3H2,1H3,(H,14,15). The van der Waals surface area contributed by atoms with Gasteiger partial charge in [0.1, 0.15) is 12.0 Å². The molecule has 0 aromatic heterocycles. The van der Waals surface area contributed by atoms with Crippen LogP contribution in [0.25, 0.3) is 0 Å². The summed E-state index contributed by atoms with van der Waals surface area (Å²) in [5, 5.41) is 8.59. The summed E-state index contributed by atoms with van der Waals surface area (Å²) in [6, 6.07) is -1.86. The van der Waals surface area contributed by atoms with E-state index in [2.05, 4.69) is 0 Å². The van der Waals surface area contributed by atoms with Crippen molar-refractivity contribution in [1.82, 2.24) is 4.90 Å². The molecule has 0 spiro atoms. The first-order chi connectivity index (χ1) is 6.75. The molecule has 86 valence electrons. The molecule has 0 radical (unpaired) electrons. The number of carboxylic acid groups (broad SMARTS) is 1. The number of nitrogens with zero attached hydrogens (tertiary/aromatic N) is 1. The smallest absolute Gasteiger partial charge is 0.408 e. The van der Waals surface area contributed by atoms with Crippen LogP contribution in [0.5, 0.6) is 0 Å². The van der Waals surface area contributed by atoms with Gasteiger partial charge in [-0.3, -0.25) is 9.59 Å². The minimum Gasteiger partial charge on any atom is -0.481 e. The molecule has 2 atom stereocenters. The average Bonchev–Trinajstić information content (AvgIpc) is 2.06. The molecule has 0 aliphatic carbocycles. The number of carbonyl (C=O) groups excluding carboxylic acids is 1. The summed E-state index contributed by atoms with van der Waals surface area (Å²) in [6.45, 7) is 0. The van der Waals surface area contributed by atoms with E-state index in [1.165, 1.54) is 0 Å². The van der Waals surface area contributed by atoms with Gasteiger partial charge in [0.05, 0.1) is 0 Å². The highest BCUT2D eigenvalue weighted by Crippen LogP contribution is 2.33. The number of piperidine rings is 1. The monoisotopic (exact) mass is 225 g/mol. The maximum Gasteiger partial charge on any atom is 0.408 e. The van der Waals surface area contributed by atoms with Crippen molar-refractivity contribution in [2.75, 3.05) is 7.05 Å². The highest BCUT2D eigenvalue weighted by atomic mass is 19.4. The quantitative estimate of drug-likeness (QED) is 0.673. The fourth-order valence-electron chi connectivity index (χ4n) is 1.65. The predicted octanol–water partition coefficient (Wildman–Crippen LogP) is 0.870. The van der Waals surface area contributed by atoms with Crippen LogP contribution in [0.2, 0.25) is 0 Å². The summed E-state index contributed by atoms with van der Waals surface area (Å²) in [4.78, 5) is 22.3. The predicted molar refractivity (Wildman–Crippen MR) is 43.0 cm³/mol. The van der Waals surface area contributed by atoms with Gasteiger partial charge < -0.3 is 10.0 Å². The van der Waals surface area contributed by atoms with Crippen molar-refractivity contribution in [3.63, 3.8) is 0 Å². The number of aliphatic carboxylic acids is 1. The first kappa shape index (κ1) is 11.8. The summed E-state index contributed by atoms with van der Waals surface area (Å²) < 4.78 is 37.1. The van der Waals surface area contributed by atoms with E-state index in [-0.39, 0.29) is 12.8 Å². The summed E-state index contributed by atoms with van der Waals surface area (Å²) in [7, 11) is 0.982. The second-order valence-electron chi connectivity index (χ2n) is 3.47. The number of rotatable bonds is 1. The maximum absolute atomic E-state index is 12.4. The molecule has 0 aromatic carbocycles. The Morgan fingerprint density at radius 3 is 2.40 bits per heavy atom. The second-order valence-corrected chi connectivity index (χ2v) is 3.47. The zero-order valence-corrected chi connectivity index (χ0v) is 7.91. The summed E-state index contributed by atoms with van der Waals surface area (Å²) >= 11 is 0. The van der Waals surface area contributed by atoms with Gasteiger partial charge in [0.2, 0.25) is 5.91 Å². The fraction of sp³-hybridized carbons (Fsp3) is 0.750. The first-order valence-corrected chi connectivity index (χ1v) is 4.31. The Morgan fingerprint density at radius 1 is 1.47 bits per heavy atom. The lowest BCUT2D eigenvalue weighted by molar-refractivity contribution is -0.198. The molecule has 4 nitrogen and oxygen atoms in total. The summed E-state index contributed by atoms with van der Waals surface area (Å²) in [5.74, 6) is -3.68. The molecule has 1 N–H and O–H groups in total. The zero-order valence-electron chi connectivity index (χ0n) is 7.91. The van der Waals surface area contributed by atoms with E-state index in [1.54, 1.807) is 0 Å². The van der Waals surface area contributed by atoms with Crippen LogP contribution in [0.15, 0.2) is 0 Å². The highest BCUT2D eigenvalue weighted by molar-refractivity contribution is 5.97. The average molecular weight is 225 g/mol. The summed E-state index contributed by atoms with van der Waals surface area (Å²) in [6.07, 6.45) is -5.11. The lowest BCUT2D eigenvalue weighted by Gasteiger charge is -2.36. The van der Waals surface area contributed by atoms with Gasteiger partial charge in [0.25, 0.3) is 0 Å². The Balaban J connectivity index is 2.82. The van der Waals surface area contributed by atoms with Crippen molar-refractivity contribution >= 4 is 11.9 Å². The molecule has 1 aliphatic heterocycles. The lowest BCUT2D eigenvalue weighted by atomic mass is 9.92. The molecular weight excluding hydrogens is 215 g/mol. The minimum atomic E-state index is -4.49. The number of amides is 1. The topological polar surface area (TPSA) is 57.6 Å². The van der Waals surface area contributed by atoms with E-state index < -0.39 is 30.0 Å². The van der Waals surface area contributed by atoms with Crippen LogP contribution in [0, 0.1) is 5.92 Å². The van der Waals surface area contributed by atoms with Crippen molar-refractivity contribution < 1.29 is 27.9 Å². The Kier molecular flexibility index (Phi) is 2.92. The molecule has 0 saturated carbocycles. The van der Waals surface area contributed by atoms with E-state index in [4.69, 9.17) is 5.11 Å². The molecule has 15 heavy (non-hydrogen) atoms. The lowest BCUT2D eigenvalue weighted by Crippen LogP contribution is -2.53. The van der Waals surface area contributed by atoms with E-state index in [9.17, 15) is 22.8 Å². The van der Waals surface area contributed by atoms with Crippen molar-refractivity contribution in [2.45, 2.75) is 25.1 Å². The summed E-state index contributed by atoms with van der Waals surface area (Å²) in [5.41, 5.74) is 0. The van der Waals surface area contributed by atoms with Crippen molar-refractivity contribution in [1.29, 1.82) is 0 Å². The van der Waals surface area contributed by atoms with Crippen LogP contribution in [-0.4, -0.2) is 41.1 Å². The van der Waals surface area contributed by atoms with Crippen LogP contribution in [0.3, 0.4) is 0 Å². The third kappa shape index (κ3) is 2.21. The molecular formula is C8H10F3NO3. The number of hydrogen-bond acceptors (Lipinski definition) is 2. The van der Waals surface area contributed by atoms with Gasteiger partial charge in [-0.15, -0.1) is 0 Å². The Labute approximate surface area is 83.7 Å². The van der Waals surface area contributed by atoms with Crippen molar-refractivity contribution in [3.8, 4) is 0 Å². The molecule has 1 fully saturated rings. The normalized spacial score (nSPS) is 28.0. The Bertz CT molecular complexity index is 289. The van der Waals surface area contributed by atoms with E-state index in [0.717, 1.165) is 7.05 Å². The largest absolute Gasteiger partial charge is 0.481 e. The molecule has 1 heterocycles. The second kappa shape index (κ2) is 3.71. The molecule has 0 aromatic rings. The third-order valence-electron chi connectivity index (χ3n) is 2.52. The van der Waals surface area contributed by atoms with Crippen LogP contribution in [0.4, 0.5) is 13.2 Å². The minimum absolute atomic E-state index is 0.261. The number of halogens is 3. The number of hydrogen-bond donors (Lipinski definition) is 1. The number of alkyl halides is 3. The molecule has 1 amide bonds. The third-order valence-corrected chi connectivity index (χ3v) is 2.52. The van der Waals surface area contributed by atoms with Gasteiger partial charge >= 0.3 is 12.1 Å². The molecule has 1 saturated heterocycles. The fourth-order valence-corrected chi connectivity index (χ4v) is 1.65. The van der Waals surface area contributed by atoms with E-state index >= 15 is 0 Å². The van der Waals surface area contributed by atoms with Gasteiger partial charge in [-0.2, -0.15) is 13.2 Å². The van der Waals surface area contributed by atoms with Crippen LogP contribution < -0.4 is 0 Å². The van der Waals surface area contributed by atoms with Crippen LogP contribution >= 0.6 is 0 Å². The van der Waals surface area contributed by atoms with Crippen LogP contribution in [0.1, 0.15) is 12.8 Å². The van der Waals surface area contributed by atoms with E-state index in [1.807, 2.05) is 0 Å². The SMILES string of the molecule is CN1C(=O)C(C(=O)O)CCC1C(F)(F)F. The van der Waals surface area contributed by atoms with Crippen LogP contribution in [-0.2, 0) is 9.59 Å². The van der Waals surface area contributed by atoms with Crippen molar-refractivity contribution in [3.05, 3.63) is 0 Å². The molecule has 1 rings (SSSR count). The highest BCUT2D eigenvalue weighted by Gasteiger charge is 2.49. The molecule has 7 heteroatoms. The van der Waals surface area contributed by atoms with Gasteiger partial charge in [0.15, 0.2) is 0 Å². The zero-order chi connectivity index (χ0) is 11.8. The number of likely N-dealkylation sites (tertiary alicyclic amines) is 1. The van der Waals surface area contributed by atoms with Gasteiger partial charge in [0, 0.05) is 7.05 Å². The van der Waals surface area contributed by atoms with Crippen molar-refractivity contribution in [2.24, 2.45) is 5.92 Å². The van der Waals surface area contributed by atoms with E-state index in [0.29, 0.717) is 4.90 Å². The molecule has 1 aliphatic rings. The Hall–Kier alpha value is -1.27. The first-order valence-electron chi connectivity index (χ1n) is 4.31. The van der Waals surface area contributed by atoms with Gasteiger partial charge in [-0.1, -0.05) is 0 Å².